The SMILES string of the molecule is O=C(ON1C(=O)CCC1=O)c1ccc(S(=O)(=O)c2ccc(Cl)cc2)cc1. The van der Waals surface area contributed by atoms with Crippen LogP contribution in [-0.4, -0.2) is 31.3 Å². The van der Waals surface area contributed by atoms with E-state index in [4.69, 9.17) is 16.4 Å². The Morgan fingerprint density at radius 2 is 1.35 bits per heavy atom. The van der Waals surface area contributed by atoms with Crippen molar-refractivity contribution in [1.29, 1.82) is 0 Å². The van der Waals surface area contributed by atoms with Crippen molar-refractivity contribution in [2.75, 3.05) is 0 Å². The number of carbonyl (C=O) groups is 3. The number of halogens is 1. The minimum Gasteiger partial charge on any atom is -0.325 e. The summed E-state index contributed by atoms with van der Waals surface area (Å²) in [6, 6.07) is 10.7. The van der Waals surface area contributed by atoms with E-state index in [1.54, 1.807) is 0 Å². The Kier molecular flexibility index (Phi) is 4.80. The molecule has 0 spiro atoms. The van der Waals surface area contributed by atoms with Gasteiger partial charge in [-0.05, 0) is 48.5 Å². The summed E-state index contributed by atoms with van der Waals surface area (Å²) >= 11 is 5.76. The smallest absolute Gasteiger partial charge is 0.325 e. The molecule has 2 aromatic carbocycles. The van der Waals surface area contributed by atoms with Crippen molar-refractivity contribution in [3.63, 3.8) is 0 Å². The Morgan fingerprint density at radius 1 is 0.885 bits per heavy atom. The van der Waals surface area contributed by atoms with Crippen LogP contribution in [-0.2, 0) is 24.3 Å². The molecule has 3 rings (SSSR count). The molecule has 9 heteroatoms. The summed E-state index contributed by atoms with van der Waals surface area (Å²) in [4.78, 5) is 39.8. The highest BCUT2D eigenvalue weighted by molar-refractivity contribution is 7.91. The Labute approximate surface area is 154 Å². The van der Waals surface area contributed by atoms with Crippen LogP contribution in [0.15, 0.2) is 58.3 Å². The zero-order valence-electron chi connectivity index (χ0n) is 13.2. The van der Waals surface area contributed by atoms with Crippen molar-refractivity contribution in [2.24, 2.45) is 0 Å². The Morgan fingerprint density at radius 3 is 1.85 bits per heavy atom. The molecule has 0 radical (unpaired) electrons. The molecule has 0 unspecified atom stereocenters. The lowest BCUT2D eigenvalue weighted by Crippen LogP contribution is -2.32. The van der Waals surface area contributed by atoms with E-state index < -0.39 is 27.6 Å². The average molecular weight is 394 g/mol. The van der Waals surface area contributed by atoms with Crippen LogP contribution in [0.2, 0.25) is 5.02 Å². The molecule has 0 N–H and O–H groups in total. The van der Waals surface area contributed by atoms with E-state index >= 15 is 0 Å². The molecule has 26 heavy (non-hydrogen) atoms. The van der Waals surface area contributed by atoms with Gasteiger partial charge in [-0.1, -0.05) is 11.6 Å². The van der Waals surface area contributed by atoms with Gasteiger partial charge in [-0.15, -0.1) is 5.06 Å². The lowest BCUT2D eigenvalue weighted by atomic mass is 10.2. The van der Waals surface area contributed by atoms with Gasteiger partial charge in [0.2, 0.25) is 9.84 Å². The first kappa shape index (κ1) is 18.1. The van der Waals surface area contributed by atoms with Crippen LogP contribution >= 0.6 is 11.6 Å². The van der Waals surface area contributed by atoms with E-state index in [2.05, 4.69) is 0 Å². The molecule has 0 aromatic heterocycles. The molecule has 0 aliphatic carbocycles. The van der Waals surface area contributed by atoms with Gasteiger partial charge < -0.3 is 4.84 Å². The van der Waals surface area contributed by atoms with Crippen molar-refractivity contribution >= 4 is 39.2 Å². The molecule has 2 aromatic rings. The number of hydrogen-bond acceptors (Lipinski definition) is 6. The molecule has 7 nitrogen and oxygen atoms in total. The fourth-order valence-electron chi connectivity index (χ4n) is 2.31. The normalized spacial score (nSPS) is 14.6. The Balaban J connectivity index is 1.79. The highest BCUT2D eigenvalue weighted by atomic mass is 35.5. The second-order valence-corrected chi connectivity index (χ2v) is 7.83. The van der Waals surface area contributed by atoms with Gasteiger partial charge in [0.05, 0.1) is 15.4 Å². The van der Waals surface area contributed by atoms with Crippen LogP contribution in [0.5, 0.6) is 0 Å². The number of nitrogens with zero attached hydrogens (tertiary/aromatic N) is 1. The molecule has 1 heterocycles. The molecule has 0 saturated carbocycles. The summed E-state index contributed by atoms with van der Waals surface area (Å²) < 4.78 is 25.1. The molecular formula is C17H12ClNO6S. The van der Waals surface area contributed by atoms with Gasteiger partial charge in [0.25, 0.3) is 11.8 Å². The Bertz CT molecular complexity index is 967. The summed E-state index contributed by atoms with van der Waals surface area (Å²) in [6.07, 6.45) is -0.0191. The van der Waals surface area contributed by atoms with E-state index in [-0.39, 0.29) is 28.2 Å². The van der Waals surface area contributed by atoms with Crippen LogP contribution in [0, 0.1) is 0 Å². The van der Waals surface area contributed by atoms with Gasteiger partial charge in [0, 0.05) is 17.9 Å². The maximum absolute atomic E-state index is 12.5. The van der Waals surface area contributed by atoms with Crippen molar-refractivity contribution in [3.8, 4) is 0 Å². The van der Waals surface area contributed by atoms with Gasteiger partial charge in [0.15, 0.2) is 0 Å². The molecule has 134 valence electrons. The molecule has 1 aliphatic heterocycles. The minimum atomic E-state index is -3.77. The number of benzene rings is 2. The van der Waals surface area contributed by atoms with Gasteiger partial charge in [-0.3, -0.25) is 9.59 Å². The number of carbonyl (C=O) groups excluding carboxylic acids is 3. The molecule has 1 aliphatic rings. The number of hydrogen-bond donors (Lipinski definition) is 0. The van der Waals surface area contributed by atoms with E-state index in [9.17, 15) is 22.8 Å². The lowest BCUT2D eigenvalue weighted by molar-refractivity contribution is -0.172. The first-order chi connectivity index (χ1) is 12.3. The monoisotopic (exact) mass is 393 g/mol. The molecule has 1 fully saturated rings. The van der Waals surface area contributed by atoms with Crippen molar-refractivity contribution in [2.45, 2.75) is 22.6 Å². The first-order valence-electron chi connectivity index (χ1n) is 7.48. The van der Waals surface area contributed by atoms with Crippen molar-refractivity contribution in [1.82, 2.24) is 5.06 Å². The van der Waals surface area contributed by atoms with Gasteiger partial charge in [0.1, 0.15) is 0 Å². The van der Waals surface area contributed by atoms with Gasteiger partial charge in [-0.2, -0.15) is 0 Å². The third kappa shape index (κ3) is 3.47. The largest absolute Gasteiger partial charge is 0.363 e. The standard InChI is InChI=1S/C17H12ClNO6S/c18-12-3-7-14(8-4-12)26(23,24)13-5-1-11(2-6-13)17(22)25-19-15(20)9-10-16(19)21/h1-8H,9-10H2. The number of imide groups is 1. The number of rotatable bonds is 4. The van der Waals surface area contributed by atoms with Gasteiger partial charge >= 0.3 is 5.97 Å². The van der Waals surface area contributed by atoms with E-state index in [1.807, 2.05) is 0 Å². The third-order valence-electron chi connectivity index (χ3n) is 3.70. The molecule has 1 saturated heterocycles. The second kappa shape index (κ2) is 6.89. The number of hydroxylamine groups is 2. The highest BCUT2D eigenvalue weighted by Gasteiger charge is 2.33. The summed E-state index contributed by atoms with van der Waals surface area (Å²) in [5.41, 5.74) is 0.00700. The van der Waals surface area contributed by atoms with E-state index in [0.717, 1.165) is 0 Å². The summed E-state index contributed by atoms with van der Waals surface area (Å²) in [7, 11) is -3.77. The molecular weight excluding hydrogens is 382 g/mol. The van der Waals surface area contributed by atoms with Crippen molar-refractivity contribution in [3.05, 3.63) is 59.1 Å². The highest BCUT2D eigenvalue weighted by Crippen LogP contribution is 2.23. The van der Waals surface area contributed by atoms with Crippen LogP contribution in [0.4, 0.5) is 0 Å². The van der Waals surface area contributed by atoms with Crippen LogP contribution in [0.3, 0.4) is 0 Å². The fraction of sp³-hybridized carbons (Fsp3) is 0.118. The summed E-state index contributed by atoms with van der Waals surface area (Å²) in [5.74, 6) is -2.11. The quantitative estimate of drug-likeness (QED) is 0.740. The Hall–Kier alpha value is -2.71. The fourth-order valence-corrected chi connectivity index (χ4v) is 3.70. The molecule has 0 atom stereocenters. The molecule has 0 bridgehead atoms. The maximum Gasteiger partial charge on any atom is 0.363 e. The first-order valence-corrected chi connectivity index (χ1v) is 9.34. The predicted molar refractivity (Wildman–Crippen MR) is 89.8 cm³/mol. The van der Waals surface area contributed by atoms with E-state index in [0.29, 0.717) is 10.1 Å². The topological polar surface area (TPSA) is 97.8 Å². The zero-order valence-corrected chi connectivity index (χ0v) is 14.8. The molecule has 2 amide bonds. The van der Waals surface area contributed by atoms with Crippen LogP contribution in [0.1, 0.15) is 23.2 Å². The maximum atomic E-state index is 12.5. The second-order valence-electron chi connectivity index (χ2n) is 5.44. The average Bonchev–Trinajstić information content (AvgIpc) is 2.94. The number of sulfone groups is 1. The predicted octanol–water partition coefficient (Wildman–Crippen LogP) is 2.39. The van der Waals surface area contributed by atoms with Gasteiger partial charge in [-0.25, -0.2) is 13.2 Å². The summed E-state index contributed by atoms with van der Waals surface area (Å²) in [5, 5.41) is 0.841. The zero-order chi connectivity index (χ0) is 18.9. The minimum absolute atomic E-state index is 0.00700. The summed E-state index contributed by atoms with van der Waals surface area (Å²) in [6.45, 7) is 0. The van der Waals surface area contributed by atoms with E-state index in [1.165, 1.54) is 48.5 Å². The number of amides is 2. The third-order valence-corrected chi connectivity index (χ3v) is 5.74. The van der Waals surface area contributed by atoms with Crippen LogP contribution in [0.25, 0.3) is 0 Å². The van der Waals surface area contributed by atoms with Crippen LogP contribution < -0.4 is 0 Å². The van der Waals surface area contributed by atoms with Crippen molar-refractivity contribution < 1.29 is 27.6 Å². The lowest BCUT2D eigenvalue weighted by Gasteiger charge is -2.12.